The minimum absolute atomic E-state index is 0.271. The van der Waals surface area contributed by atoms with Crippen LogP contribution >= 0.6 is 0 Å². The minimum Gasteiger partial charge on any atom is -0.377 e. The van der Waals surface area contributed by atoms with E-state index in [-0.39, 0.29) is 6.04 Å². The molecule has 27 heavy (non-hydrogen) atoms. The maximum absolute atomic E-state index is 5.60. The summed E-state index contributed by atoms with van der Waals surface area (Å²) in [4.78, 5) is 10.5. The van der Waals surface area contributed by atoms with Gasteiger partial charge in [0.1, 0.15) is 5.82 Å². The van der Waals surface area contributed by atoms with E-state index in [1.807, 2.05) is 48.5 Å². The number of aromatic nitrogens is 6. The van der Waals surface area contributed by atoms with Crippen LogP contribution in [0.15, 0.2) is 43.0 Å². The number of H-pyrrole nitrogens is 1. The van der Waals surface area contributed by atoms with E-state index in [4.69, 9.17) is 9.72 Å². The van der Waals surface area contributed by atoms with Crippen LogP contribution in [0.1, 0.15) is 6.92 Å². The van der Waals surface area contributed by atoms with Crippen LogP contribution in [0.2, 0.25) is 0 Å². The highest BCUT2D eigenvalue weighted by Crippen LogP contribution is 2.30. The maximum Gasteiger partial charge on any atom is 0.167 e. The fourth-order valence-corrected chi connectivity index (χ4v) is 3.61. The summed E-state index contributed by atoms with van der Waals surface area (Å²) in [5, 5.41) is 8.95. The van der Waals surface area contributed by atoms with E-state index >= 15 is 0 Å². The van der Waals surface area contributed by atoms with Gasteiger partial charge in [-0.25, -0.2) is 9.50 Å². The van der Waals surface area contributed by atoms with E-state index in [0.29, 0.717) is 13.2 Å². The molecule has 1 aliphatic heterocycles. The van der Waals surface area contributed by atoms with Gasteiger partial charge >= 0.3 is 0 Å². The van der Waals surface area contributed by atoms with Crippen molar-refractivity contribution in [2.45, 2.75) is 13.0 Å². The van der Waals surface area contributed by atoms with Crippen molar-refractivity contribution < 1.29 is 4.74 Å². The number of aromatic amines is 1. The number of ether oxygens (including phenoxy) is 1. The van der Waals surface area contributed by atoms with Gasteiger partial charge in [0, 0.05) is 37.6 Å². The molecule has 5 rings (SSSR count). The van der Waals surface area contributed by atoms with Crippen molar-refractivity contribution in [1.82, 2.24) is 29.4 Å². The predicted octanol–water partition coefficient (Wildman–Crippen LogP) is 2.35. The fraction of sp³-hybridized carbons (Fsp3) is 0.316. The summed E-state index contributed by atoms with van der Waals surface area (Å²) in [6, 6.07) is 6.38. The third-order valence-corrected chi connectivity index (χ3v) is 5.01. The first-order valence-corrected chi connectivity index (χ1v) is 9.06. The Morgan fingerprint density at radius 2 is 2.19 bits per heavy atom. The molecule has 4 aromatic rings. The minimum atomic E-state index is 0.271. The van der Waals surface area contributed by atoms with Gasteiger partial charge in [-0.3, -0.25) is 4.68 Å². The van der Waals surface area contributed by atoms with Crippen LogP contribution in [0.3, 0.4) is 0 Å². The first-order valence-electron chi connectivity index (χ1n) is 9.06. The zero-order valence-electron chi connectivity index (χ0n) is 15.3. The summed E-state index contributed by atoms with van der Waals surface area (Å²) >= 11 is 0. The van der Waals surface area contributed by atoms with Gasteiger partial charge in [0.2, 0.25) is 0 Å². The second-order valence-corrected chi connectivity index (χ2v) is 6.90. The Bertz CT molecular complexity index is 1080. The average molecular weight is 363 g/mol. The molecule has 1 aliphatic rings. The van der Waals surface area contributed by atoms with Gasteiger partial charge in [-0.05, 0) is 19.1 Å². The van der Waals surface area contributed by atoms with Gasteiger partial charge in [0.25, 0.3) is 0 Å². The van der Waals surface area contributed by atoms with E-state index in [1.165, 1.54) is 0 Å². The molecule has 0 aliphatic carbocycles. The normalized spacial score (nSPS) is 17.7. The van der Waals surface area contributed by atoms with E-state index in [1.54, 1.807) is 4.68 Å². The van der Waals surface area contributed by atoms with Crippen LogP contribution in [0.5, 0.6) is 0 Å². The molecule has 0 bridgehead atoms. The summed E-state index contributed by atoms with van der Waals surface area (Å²) in [6.07, 6.45) is 7.63. The predicted molar refractivity (Wildman–Crippen MR) is 103 cm³/mol. The fourth-order valence-electron chi connectivity index (χ4n) is 3.61. The molecule has 8 nitrogen and oxygen atoms in total. The smallest absolute Gasteiger partial charge is 0.167 e. The summed E-state index contributed by atoms with van der Waals surface area (Å²) in [6.45, 7) is 4.40. The number of nitrogens with one attached hydrogen (secondary N) is 1. The molecule has 8 heteroatoms. The quantitative estimate of drug-likeness (QED) is 0.605. The van der Waals surface area contributed by atoms with Crippen LogP contribution in [0.4, 0.5) is 5.82 Å². The zero-order valence-corrected chi connectivity index (χ0v) is 15.3. The number of fused-ring (bicyclic) bond motifs is 1. The van der Waals surface area contributed by atoms with E-state index in [0.717, 1.165) is 40.5 Å². The van der Waals surface area contributed by atoms with Gasteiger partial charge in [-0.15, -0.1) is 0 Å². The molecule has 0 radical (unpaired) electrons. The van der Waals surface area contributed by atoms with Crippen molar-refractivity contribution in [2.75, 3.05) is 24.7 Å². The largest absolute Gasteiger partial charge is 0.377 e. The number of nitrogens with zero attached hydrogens (tertiary/aromatic N) is 6. The molecule has 4 aromatic heterocycles. The van der Waals surface area contributed by atoms with Crippen molar-refractivity contribution in [3.05, 3.63) is 43.0 Å². The van der Waals surface area contributed by atoms with Crippen molar-refractivity contribution in [3.63, 3.8) is 0 Å². The molecule has 0 aromatic carbocycles. The molecule has 1 fully saturated rings. The molecule has 0 saturated carbocycles. The van der Waals surface area contributed by atoms with E-state index in [2.05, 4.69) is 33.1 Å². The molecular weight excluding hydrogens is 342 g/mol. The Morgan fingerprint density at radius 3 is 2.93 bits per heavy atom. The number of rotatable bonds is 3. The molecule has 1 saturated heterocycles. The third kappa shape index (κ3) is 2.69. The molecule has 1 N–H and O–H groups in total. The molecule has 0 amide bonds. The number of anilines is 1. The SMILES string of the molecule is C[C@@H]1COCCN1c1cc(-c2cnn(C)c2)n2ncc(-c3ccc[nH]3)c2n1. The lowest BCUT2D eigenvalue weighted by Crippen LogP contribution is -2.44. The number of morpholine rings is 1. The number of aryl methyl sites for hydroxylation is 1. The highest BCUT2D eigenvalue weighted by Gasteiger charge is 2.23. The standard InChI is InChI=1S/C19H21N7O/c1-13-12-27-7-6-25(13)18-8-17(14-9-21-24(2)11-14)26-19(23-18)15(10-22-26)16-4-3-5-20-16/h3-5,8-11,13,20H,6-7,12H2,1-2H3/t13-/m1/s1. The maximum atomic E-state index is 5.60. The second-order valence-electron chi connectivity index (χ2n) is 6.90. The molecule has 5 heterocycles. The zero-order chi connectivity index (χ0) is 18.4. The Kier molecular flexibility index (Phi) is 3.71. The van der Waals surface area contributed by atoms with Crippen LogP contribution in [-0.4, -0.2) is 55.2 Å². The lowest BCUT2D eigenvalue weighted by atomic mass is 10.2. The lowest BCUT2D eigenvalue weighted by Gasteiger charge is -2.34. The molecule has 0 unspecified atom stereocenters. The Morgan fingerprint density at radius 1 is 1.26 bits per heavy atom. The van der Waals surface area contributed by atoms with Crippen LogP contribution in [0.25, 0.3) is 28.2 Å². The van der Waals surface area contributed by atoms with Crippen LogP contribution in [0, 0.1) is 0 Å². The topological polar surface area (TPSA) is 76.3 Å². The van der Waals surface area contributed by atoms with Crippen molar-refractivity contribution in [1.29, 1.82) is 0 Å². The molecule has 1 atom stereocenters. The number of hydrogen-bond donors (Lipinski definition) is 1. The highest BCUT2D eigenvalue weighted by molar-refractivity contribution is 5.79. The molecule has 0 spiro atoms. The van der Waals surface area contributed by atoms with Crippen molar-refractivity contribution in [3.8, 4) is 22.5 Å². The third-order valence-electron chi connectivity index (χ3n) is 5.01. The first kappa shape index (κ1) is 16.1. The summed E-state index contributed by atoms with van der Waals surface area (Å²) in [7, 11) is 1.92. The van der Waals surface area contributed by atoms with Gasteiger partial charge in [0.05, 0.1) is 48.6 Å². The average Bonchev–Trinajstić information content (AvgIpc) is 3.41. The summed E-state index contributed by atoms with van der Waals surface area (Å²) < 4.78 is 9.29. The molecule has 138 valence electrons. The van der Waals surface area contributed by atoms with Crippen LogP contribution in [-0.2, 0) is 11.8 Å². The summed E-state index contributed by atoms with van der Waals surface area (Å²) in [5.74, 6) is 0.936. The first-order chi connectivity index (χ1) is 13.2. The van der Waals surface area contributed by atoms with Crippen LogP contribution < -0.4 is 4.90 Å². The summed E-state index contributed by atoms with van der Waals surface area (Å²) in [5.41, 5.74) is 4.79. The second kappa shape index (κ2) is 6.24. The highest BCUT2D eigenvalue weighted by atomic mass is 16.5. The van der Waals surface area contributed by atoms with Gasteiger partial charge in [0.15, 0.2) is 5.65 Å². The number of hydrogen-bond acceptors (Lipinski definition) is 5. The lowest BCUT2D eigenvalue weighted by molar-refractivity contribution is 0.0985. The van der Waals surface area contributed by atoms with Crippen molar-refractivity contribution in [2.24, 2.45) is 7.05 Å². The monoisotopic (exact) mass is 363 g/mol. The Labute approximate surface area is 156 Å². The molecular formula is C19H21N7O. The van der Waals surface area contributed by atoms with Crippen molar-refractivity contribution >= 4 is 11.5 Å². The van der Waals surface area contributed by atoms with Gasteiger partial charge < -0.3 is 14.6 Å². The Hall–Kier alpha value is -3.13. The van der Waals surface area contributed by atoms with Gasteiger partial charge in [-0.2, -0.15) is 10.2 Å². The van der Waals surface area contributed by atoms with E-state index < -0.39 is 0 Å². The van der Waals surface area contributed by atoms with E-state index in [9.17, 15) is 0 Å². The Balaban J connectivity index is 1.74. The van der Waals surface area contributed by atoms with Gasteiger partial charge in [-0.1, -0.05) is 0 Å².